The number of benzene rings is 2. The summed E-state index contributed by atoms with van der Waals surface area (Å²) in [6.45, 7) is 3.35. The first-order valence-electron chi connectivity index (χ1n) is 9.48. The molecule has 28 heavy (non-hydrogen) atoms. The molecule has 3 aromatic rings. The average Bonchev–Trinajstić information content (AvgIpc) is 3.24. The van der Waals surface area contributed by atoms with Gasteiger partial charge < -0.3 is 9.64 Å². The fraction of sp³-hybridized carbons (Fsp3) is 0.381. The second-order valence-electron chi connectivity index (χ2n) is 7.14. The van der Waals surface area contributed by atoms with Gasteiger partial charge in [0.1, 0.15) is 6.17 Å². The summed E-state index contributed by atoms with van der Waals surface area (Å²) in [5.41, 5.74) is 2.07. The molecular formula is C21H22Cl2FN3O. The summed E-state index contributed by atoms with van der Waals surface area (Å²) in [6, 6.07) is 13.4. The molecule has 7 heteroatoms. The second-order valence-corrected chi connectivity index (χ2v) is 8.01. The zero-order chi connectivity index (χ0) is 19.5. The maximum atomic E-state index is 13.3. The average molecular weight is 422 g/mol. The number of hydrogen-bond acceptors (Lipinski definition) is 3. The SMILES string of the molecule is F[C@@H]1CCN(CCCOc2nn(Cc3ccc(Cl)cc3)c3ccc(Cl)cc23)C1. The molecule has 1 aliphatic heterocycles. The van der Waals surface area contributed by atoms with Crippen LogP contribution in [0.3, 0.4) is 0 Å². The fourth-order valence-corrected chi connectivity index (χ4v) is 3.86. The van der Waals surface area contributed by atoms with E-state index < -0.39 is 6.17 Å². The van der Waals surface area contributed by atoms with Crippen molar-refractivity contribution in [2.45, 2.75) is 25.6 Å². The van der Waals surface area contributed by atoms with E-state index in [-0.39, 0.29) is 0 Å². The van der Waals surface area contributed by atoms with E-state index in [1.807, 2.05) is 47.1 Å². The number of aromatic nitrogens is 2. The molecule has 0 saturated carbocycles. The zero-order valence-corrected chi connectivity index (χ0v) is 17.0. The summed E-state index contributed by atoms with van der Waals surface area (Å²) in [7, 11) is 0. The highest BCUT2D eigenvalue weighted by atomic mass is 35.5. The van der Waals surface area contributed by atoms with Crippen molar-refractivity contribution in [3.8, 4) is 5.88 Å². The third-order valence-electron chi connectivity index (χ3n) is 5.00. The third kappa shape index (κ3) is 4.59. The van der Waals surface area contributed by atoms with Crippen molar-refractivity contribution >= 4 is 34.1 Å². The Kier molecular flexibility index (Phi) is 6.04. The van der Waals surface area contributed by atoms with E-state index in [4.69, 9.17) is 27.9 Å². The van der Waals surface area contributed by atoms with Crippen LogP contribution in [-0.2, 0) is 6.54 Å². The van der Waals surface area contributed by atoms with Gasteiger partial charge in [-0.15, -0.1) is 5.10 Å². The van der Waals surface area contributed by atoms with Gasteiger partial charge in [-0.1, -0.05) is 35.3 Å². The second kappa shape index (κ2) is 8.68. The van der Waals surface area contributed by atoms with Gasteiger partial charge in [-0.05, 0) is 48.7 Å². The van der Waals surface area contributed by atoms with Gasteiger partial charge in [0.25, 0.3) is 0 Å². The largest absolute Gasteiger partial charge is 0.476 e. The van der Waals surface area contributed by atoms with Gasteiger partial charge in [0.05, 0.1) is 24.1 Å². The molecule has 1 fully saturated rings. The standard InChI is InChI=1S/C21H22Cl2FN3O/c22-16-4-2-15(3-5-16)13-27-20-7-6-17(23)12-19(20)21(25-27)28-11-1-9-26-10-8-18(24)14-26/h2-7,12,18H,1,8-11,13-14H2/t18-/m1/s1. The lowest BCUT2D eigenvalue weighted by Gasteiger charge is -2.13. The lowest BCUT2D eigenvalue weighted by molar-refractivity contribution is 0.244. The molecule has 0 bridgehead atoms. The quantitative estimate of drug-likeness (QED) is 0.490. The van der Waals surface area contributed by atoms with Crippen molar-refractivity contribution in [1.29, 1.82) is 0 Å². The molecule has 0 radical (unpaired) electrons. The van der Waals surface area contributed by atoms with E-state index in [1.54, 1.807) is 0 Å². The Morgan fingerprint density at radius 1 is 1.11 bits per heavy atom. The molecule has 4 nitrogen and oxygen atoms in total. The van der Waals surface area contributed by atoms with E-state index in [1.165, 1.54) is 0 Å². The van der Waals surface area contributed by atoms with Crippen LogP contribution >= 0.6 is 23.2 Å². The van der Waals surface area contributed by atoms with E-state index in [9.17, 15) is 4.39 Å². The van der Waals surface area contributed by atoms with Crippen LogP contribution in [0.1, 0.15) is 18.4 Å². The minimum absolute atomic E-state index is 0.535. The molecule has 4 rings (SSSR count). The van der Waals surface area contributed by atoms with E-state index in [2.05, 4.69) is 10.00 Å². The van der Waals surface area contributed by atoms with Crippen molar-refractivity contribution < 1.29 is 9.13 Å². The molecule has 0 unspecified atom stereocenters. The summed E-state index contributed by atoms with van der Waals surface area (Å²) in [5.74, 6) is 0.580. The van der Waals surface area contributed by atoms with Crippen LogP contribution in [0, 0.1) is 0 Å². The molecule has 2 aromatic carbocycles. The zero-order valence-electron chi connectivity index (χ0n) is 15.5. The molecule has 1 aromatic heterocycles. The summed E-state index contributed by atoms with van der Waals surface area (Å²) < 4.78 is 21.1. The van der Waals surface area contributed by atoms with E-state index in [0.29, 0.717) is 42.0 Å². The number of fused-ring (bicyclic) bond motifs is 1. The van der Waals surface area contributed by atoms with E-state index in [0.717, 1.165) is 36.0 Å². The number of likely N-dealkylation sites (tertiary alicyclic amines) is 1. The highest BCUT2D eigenvalue weighted by molar-refractivity contribution is 6.31. The minimum atomic E-state index is -0.685. The summed E-state index contributed by atoms with van der Waals surface area (Å²) in [5, 5.41) is 6.91. The molecule has 0 aliphatic carbocycles. The maximum Gasteiger partial charge on any atom is 0.240 e. The van der Waals surface area contributed by atoms with Gasteiger partial charge in [-0.3, -0.25) is 4.68 Å². The maximum absolute atomic E-state index is 13.3. The number of hydrogen-bond donors (Lipinski definition) is 0. The number of ether oxygens (including phenoxy) is 1. The Bertz CT molecular complexity index is 945. The molecule has 1 aliphatic rings. The Balaban J connectivity index is 1.46. The van der Waals surface area contributed by atoms with Gasteiger partial charge in [0, 0.05) is 29.7 Å². The highest BCUT2D eigenvalue weighted by Gasteiger charge is 2.21. The number of nitrogens with zero attached hydrogens (tertiary/aromatic N) is 3. The van der Waals surface area contributed by atoms with Crippen molar-refractivity contribution in [3.05, 3.63) is 58.1 Å². The Labute approximate surface area is 173 Å². The van der Waals surface area contributed by atoms with Gasteiger partial charge in [0.15, 0.2) is 0 Å². The molecule has 1 atom stereocenters. The van der Waals surface area contributed by atoms with Crippen LogP contribution in [-0.4, -0.2) is 47.1 Å². The first-order valence-corrected chi connectivity index (χ1v) is 10.2. The predicted molar refractivity (Wildman–Crippen MR) is 111 cm³/mol. The fourth-order valence-electron chi connectivity index (χ4n) is 3.56. The molecule has 0 N–H and O–H groups in total. The summed E-state index contributed by atoms with van der Waals surface area (Å²) in [4.78, 5) is 2.14. The molecule has 2 heterocycles. The van der Waals surface area contributed by atoms with E-state index >= 15 is 0 Å². The Morgan fingerprint density at radius 2 is 1.89 bits per heavy atom. The molecule has 1 saturated heterocycles. The molecule has 0 spiro atoms. The van der Waals surface area contributed by atoms with Crippen LogP contribution < -0.4 is 4.74 Å². The lowest BCUT2D eigenvalue weighted by atomic mass is 10.2. The first kappa shape index (κ1) is 19.5. The Hall–Kier alpha value is -1.82. The van der Waals surface area contributed by atoms with Crippen LogP contribution in [0.2, 0.25) is 10.0 Å². The van der Waals surface area contributed by atoms with Crippen molar-refractivity contribution in [2.75, 3.05) is 26.2 Å². The van der Waals surface area contributed by atoms with Gasteiger partial charge >= 0.3 is 0 Å². The van der Waals surface area contributed by atoms with Gasteiger partial charge in [-0.2, -0.15) is 0 Å². The van der Waals surface area contributed by atoms with Crippen LogP contribution in [0.25, 0.3) is 10.9 Å². The topological polar surface area (TPSA) is 30.3 Å². The summed E-state index contributed by atoms with van der Waals surface area (Å²) in [6.07, 6.45) is 0.786. The Morgan fingerprint density at radius 3 is 2.64 bits per heavy atom. The van der Waals surface area contributed by atoms with Gasteiger partial charge in [0.2, 0.25) is 5.88 Å². The third-order valence-corrected chi connectivity index (χ3v) is 5.48. The predicted octanol–water partition coefficient (Wildman–Crippen LogP) is 5.20. The van der Waals surface area contributed by atoms with Crippen molar-refractivity contribution in [3.63, 3.8) is 0 Å². The number of alkyl halides is 1. The monoisotopic (exact) mass is 421 g/mol. The normalized spacial score (nSPS) is 17.5. The minimum Gasteiger partial charge on any atom is -0.476 e. The van der Waals surface area contributed by atoms with Crippen LogP contribution in [0.15, 0.2) is 42.5 Å². The molecule has 148 valence electrons. The van der Waals surface area contributed by atoms with Crippen LogP contribution in [0.4, 0.5) is 4.39 Å². The van der Waals surface area contributed by atoms with Crippen LogP contribution in [0.5, 0.6) is 5.88 Å². The number of rotatable bonds is 7. The first-order chi connectivity index (χ1) is 13.6. The van der Waals surface area contributed by atoms with Crippen molar-refractivity contribution in [1.82, 2.24) is 14.7 Å². The highest BCUT2D eigenvalue weighted by Crippen LogP contribution is 2.29. The number of halogens is 3. The van der Waals surface area contributed by atoms with Crippen molar-refractivity contribution in [2.24, 2.45) is 0 Å². The van der Waals surface area contributed by atoms with Gasteiger partial charge in [-0.25, -0.2) is 4.39 Å². The smallest absolute Gasteiger partial charge is 0.240 e. The lowest BCUT2D eigenvalue weighted by Crippen LogP contribution is -2.23. The summed E-state index contributed by atoms with van der Waals surface area (Å²) >= 11 is 12.2. The molecular weight excluding hydrogens is 400 g/mol. The molecule has 0 amide bonds.